The van der Waals surface area contributed by atoms with Crippen LogP contribution in [0.15, 0.2) is 49.1 Å². The average molecular weight is 609 g/mol. The van der Waals surface area contributed by atoms with Gasteiger partial charge in [0.1, 0.15) is 0 Å². The van der Waals surface area contributed by atoms with E-state index >= 15 is 0 Å². The van der Waals surface area contributed by atoms with Gasteiger partial charge in [-0.2, -0.15) is 0 Å². The standard InChI is InChI=1S/C34H52N6O4/c1-25(2)29(33(43)39-31(41)27-15-21-35-22-16-27)37-19-13-11-9-7-5-6-8-10-12-14-20-38-30(26(3)4)34(44)40-32(42)28-17-23-36-24-18-28/h15-18,21-26,29-30,37-38H,5-14,19-20H2,1-4H3,(H,39,41,43)(H,40,42,44). The van der Waals surface area contributed by atoms with Crippen molar-refractivity contribution in [2.45, 2.75) is 104 Å². The highest BCUT2D eigenvalue weighted by molar-refractivity contribution is 6.06. The zero-order valence-electron chi connectivity index (χ0n) is 26.9. The molecule has 0 bridgehead atoms. The molecule has 0 aliphatic rings. The third kappa shape index (κ3) is 14.3. The number of unbranched alkanes of at least 4 members (excludes halogenated alkanes) is 9. The second-order valence-electron chi connectivity index (χ2n) is 12.0. The van der Waals surface area contributed by atoms with Crippen LogP contribution in [0.4, 0.5) is 0 Å². The highest BCUT2D eigenvalue weighted by Crippen LogP contribution is 2.11. The Morgan fingerprint density at radius 2 is 0.818 bits per heavy atom. The Bertz CT molecular complexity index is 1040. The van der Waals surface area contributed by atoms with Crippen LogP contribution in [-0.4, -0.2) is 58.8 Å². The second-order valence-corrected chi connectivity index (χ2v) is 12.0. The van der Waals surface area contributed by atoms with Crippen LogP contribution >= 0.6 is 0 Å². The van der Waals surface area contributed by atoms with E-state index in [1.807, 2.05) is 27.7 Å². The minimum atomic E-state index is -0.411. The third-order valence-corrected chi connectivity index (χ3v) is 7.59. The Kier molecular flexibility index (Phi) is 17.7. The molecule has 10 heteroatoms. The Morgan fingerprint density at radius 3 is 1.11 bits per heavy atom. The van der Waals surface area contributed by atoms with Gasteiger partial charge in [0.15, 0.2) is 0 Å². The number of aromatic nitrogens is 2. The summed E-state index contributed by atoms with van der Waals surface area (Å²) in [6, 6.07) is 5.52. The molecule has 2 aromatic rings. The average Bonchev–Trinajstić information content (AvgIpc) is 3.01. The summed E-state index contributed by atoms with van der Waals surface area (Å²) in [5.41, 5.74) is 0.837. The Balaban J connectivity index is 1.48. The predicted molar refractivity (Wildman–Crippen MR) is 173 cm³/mol. The number of nitrogens with one attached hydrogen (secondary N) is 4. The number of carbonyl (C=O) groups is 4. The predicted octanol–water partition coefficient (Wildman–Crippen LogP) is 4.82. The summed E-state index contributed by atoms with van der Waals surface area (Å²) in [7, 11) is 0. The number of imide groups is 2. The molecule has 44 heavy (non-hydrogen) atoms. The van der Waals surface area contributed by atoms with Crippen molar-refractivity contribution in [3.63, 3.8) is 0 Å². The Labute approximate surface area is 263 Å². The molecule has 4 N–H and O–H groups in total. The number of hydrogen-bond donors (Lipinski definition) is 4. The molecule has 4 amide bonds. The van der Waals surface area contributed by atoms with E-state index in [1.165, 1.54) is 63.3 Å². The minimum Gasteiger partial charge on any atom is -0.306 e. The summed E-state index contributed by atoms with van der Waals surface area (Å²) in [6.45, 7) is 9.38. The molecule has 242 valence electrons. The Hall–Kier alpha value is -3.50. The number of pyridine rings is 2. The first-order chi connectivity index (χ1) is 21.2. The van der Waals surface area contributed by atoms with Crippen molar-refractivity contribution >= 4 is 23.6 Å². The lowest BCUT2D eigenvalue weighted by atomic mass is 10.0. The van der Waals surface area contributed by atoms with Crippen molar-refractivity contribution in [2.75, 3.05) is 13.1 Å². The maximum Gasteiger partial charge on any atom is 0.257 e. The lowest BCUT2D eigenvalue weighted by Crippen LogP contribution is -2.49. The SMILES string of the molecule is CC(C)C(NCCCCCCCCCCCCNC(C(=O)NC(=O)c1ccncc1)C(C)C)C(=O)NC(=O)c1ccncc1. The van der Waals surface area contributed by atoms with Gasteiger partial charge in [0.2, 0.25) is 11.8 Å². The molecule has 0 fully saturated rings. The van der Waals surface area contributed by atoms with Crippen LogP contribution in [0.2, 0.25) is 0 Å². The van der Waals surface area contributed by atoms with Gasteiger partial charge in [-0.25, -0.2) is 0 Å². The molecule has 0 spiro atoms. The van der Waals surface area contributed by atoms with Crippen LogP contribution in [0, 0.1) is 11.8 Å². The van der Waals surface area contributed by atoms with E-state index in [-0.39, 0.29) is 23.7 Å². The van der Waals surface area contributed by atoms with Gasteiger partial charge in [0.25, 0.3) is 11.8 Å². The van der Waals surface area contributed by atoms with E-state index < -0.39 is 23.9 Å². The normalized spacial score (nSPS) is 12.6. The molecular formula is C34H52N6O4. The van der Waals surface area contributed by atoms with Crippen molar-refractivity contribution in [3.05, 3.63) is 60.2 Å². The highest BCUT2D eigenvalue weighted by Gasteiger charge is 2.24. The van der Waals surface area contributed by atoms with Crippen LogP contribution < -0.4 is 21.3 Å². The summed E-state index contributed by atoms with van der Waals surface area (Å²) < 4.78 is 0. The zero-order chi connectivity index (χ0) is 32.2. The molecular weight excluding hydrogens is 556 g/mol. The largest absolute Gasteiger partial charge is 0.306 e. The molecule has 10 nitrogen and oxygen atoms in total. The second kappa shape index (κ2) is 21.2. The fourth-order valence-corrected chi connectivity index (χ4v) is 4.97. The summed E-state index contributed by atoms with van der Waals surface area (Å²) in [4.78, 5) is 57.7. The van der Waals surface area contributed by atoms with Crippen LogP contribution in [-0.2, 0) is 9.59 Å². The molecule has 0 radical (unpaired) electrons. The molecule has 2 aromatic heterocycles. The first-order valence-electron chi connectivity index (χ1n) is 16.2. The molecule has 0 aromatic carbocycles. The fraction of sp³-hybridized carbons (Fsp3) is 0.588. The van der Waals surface area contributed by atoms with Crippen LogP contribution in [0.5, 0.6) is 0 Å². The maximum atomic E-state index is 12.6. The molecule has 2 unspecified atom stereocenters. The zero-order valence-corrected chi connectivity index (χ0v) is 26.9. The van der Waals surface area contributed by atoms with Crippen LogP contribution in [0.3, 0.4) is 0 Å². The van der Waals surface area contributed by atoms with E-state index in [9.17, 15) is 19.2 Å². The lowest BCUT2D eigenvalue weighted by molar-refractivity contribution is -0.124. The van der Waals surface area contributed by atoms with E-state index in [0.29, 0.717) is 11.1 Å². The van der Waals surface area contributed by atoms with Gasteiger partial charge in [-0.3, -0.25) is 39.8 Å². The van der Waals surface area contributed by atoms with Gasteiger partial charge in [-0.15, -0.1) is 0 Å². The number of rotatable bonds is 21. The summed E-state index contributed by atoms with van der Waals surface area (Å²) in [5.74, 6) is -1.26. The van der Waals surface area contributed by atoms with Crippen LogP contribution in [0.25, 0.3) is 0 Å². The first-order valence-corrected chi connectivity index (χ1v) is 16.2. The topological polar surface area (TPSA) is 142 Å². The molecule has 2 atom stereocenters. The van der Waals surface area contributed by atoms with Gasteiger partial charge < -0.3 is 10.6 Å². The van der Waals surface area contributed by atoms with Crippen molar-refractivity contribution in [1.29, 1.82) is 0 Å². The van der Waals surface area contributed by atoms with Gasteiger partial charge in [-0.05, 0) is 62.0 Å². The van der Waals surface area contributed by atoms with Gasteiger partial charge in [0.05, 0.1) is 12.1 Å². The summed E-state index contributed by atoms with van der Waals surface area (Å²) in [5, 5.41) is 11.6. The molecule has 0 aliphatic heterocycles. The molecule has 0 saturated heterocycles. The van der Waals surface area contributed by atoms with Gasteiger partial charge in [-0.1, -0.05) is 79.1 Å². The van der Waals surface area contributed by atoms with Gasteiger partial charge >= 0.3 is 0 Å². The number of carbonyl (C=O) groups excluding carboxylic acids is 4. The first kappa shape index (κ1) is 36.7. The van der Waals surface area contributed by atoms with E-state index in [1.54, 1.807) is 24.3 Å². The molecule has 2 heterocycles. The quantitative estimate of drug-likeness (QED) is 0.148. The van der Waals surface area contributed by atoms with Crippen molar-refractivity contribution in [2.24, 2.45) is 11.8 Å². The number of amides is 4. The maximum absolute atomic E-state index is 12.6. The van der Waals surface area contributed by atoms with Crippen molar-refractivity contribution in [1.82, 2.24) is 31.2 Å². The van der Waals surface area contributed by atoms with E-state index in [0.717, 1.165) is 38.8 Å². The van der Waals surface area contributed by atoms with Crippen molar-refractivity contribution < 1.29 is 19.2 Å². The Morgan fingerprint density at radius 1 is 0.523 bits per heavy atom. The van der Waals surface area contributed by atoms with Crippen molar-refractivity contribution in [3.8, 4) is 0 Å². The van der Waals surface area contributed by atoms with E-state index in [4.69, 9.17) is 0 Å². The van der Waals surface area contributed by atoms with Gasteiger partial charge in [0, 0.05) is 35.9 Å². The highest BCUT2D eigenvalue weighted by atomic mass is 16.2. The minimum absolute atomic E-state index is 0.0703. The van der Waals surface area contributed by atoms with E-state index in [2.05, 4.69) is 31.2 Å². The molecule has 0 saturated carbocycles. The molecule has 2 rings (SSSR count). The summed E-state index contributed by atoms with van der Waals surface area (Å²) in [6.07, 6.45) is 17.5. The number of nitrogens with zero attached hydrogens (tertiary/aromatic N) is 2. The lowest BCUT2D eigenvalue weighted by Gasteiger charge is -2.21. The molecule has 0 aliphatic carbocycles. The summed E-state index contributed by atoms with van der Waals surface area (Å²) >= 11 is 0. The number of hydrogen-bond acceptors (Lipinski definition) is 8. The third-order valence-electron chi connectivity index (χ3n) is 7.59. The van der Waals surface area contributed by atoms with Crippen LogP contribution in [0.1, 0.15) is 113 Å². The fourth-order valence-electron chi connectivity index (χ4n) is 4.97. The monoisotopic (exact) mass is 608 g/mol. The smallest absolute Gasteiger partial charge is 0.257 e.